The van der Waals surface area contributed by atoms with E-state index < -0.39 is 11.6 Å². The maximum Gasteiger partial charge on any atom is 0.200 e. The van der Waals surface area contributed by atoms with Crippen LogP contribution in [0.2, 0.25) is 0 Å². The molecule has 1 aromatic rings. The lowest BCUT2D eigenvalue weighted by atomic mass is 9.63. The monoisotopic (exact) mass is 394 g/mol. The second-order valence-corrected chi connectivity index (χ2v) is 8.83. The molecule has 0 bridgehead atoms. The van der Waals surface area contributed by atoms with E-state index in [1.165, 1.54) is 63.9 Å². The van der Waals surface area contributed by atoms with Crippen LogP contribution in [0.15, 0.2) is 18.2 Å². The molecule has 1 aromatic carbocycles. The van der Waals surface area contributed by atoms with E-state index in [1.54, 1.807) is 6.07 Å². The van der Waals surface area contributed by atoms with Gasteiger partial charge in [-0.2, -0.15) is 4.39 Å². The summed E-state index contributed by atoms with van der Waals surface area (Å²) in [7, 11) is 0. The Balaban J connectivity index is 2.10. The van der Waals surface area contributed by atoms with Gasteiger partial charge in [0.2, 0.25) is 5.82 Å². The number of hydrogen-bond donors (Lipinski definition) is 0. The molecule has 28 heavy (non-hydrogen) atoms. The van der Waals surface area contributed by atoms with Crippen molar-refractivity contribution in [3.63, 3.8) is 0 Å². The van der Waals surface area contributed by atoms with Crippen molar-refractivity contribution < 1.29 is 13.5 Å². The average Bonchev–Trinajstić information content (AvgIpc) is 2.71. The number of halogens is 2. The summed E-state index contributed by atoms with van der Waals surface area (Å²) in [5.41, 5.74) is 0.101. The molecular weight excluding hydrogens is 354 g/mol. The van der Waals surface area contributed by atoms with Crippen molar-refractivity contribution in [2.45, 2.75) is 110 Å². The van der Waals surface area contributed by atoms with Crippen LogP contribution in [0.25, 0.3) is 0 Å². The molecule has 0 heterocycles. The molecule has 1 aliphatic rings. The zero-order valence-electron chi connectivity index (χ0n) is 18.2. The van der Waals surface area contributed by atoms with E-state index in [4.69, 9.17) is 4.74 Å². The Kier molecular flexibility index (Phi) is 9.74. The number of unbranched alkanes of at least 4 members (excludes halogenated alkanes) is 4. The summed E-state index contributed by atoms with van der Waals surface area (Å²) >= 11 is 0. The van der Waals surface area contributed by atoms with Gasteiger partial charge in [-0.15, -0.1) is 0 Å². The second kappa shape index (κ2) is 11.8. The van der Waals surface area contributed by atoms with Crippen LogP contribution in [0.5, 0.6) is 5.75 Å². The quantitative estimate of drug-likeness (QED) is 0.323. The molecule has 0 spiro atoms. The van der Waals surface area contributed by atoms with Gasteiger partial charge in [0.05, 0.1) is 0 Å². The van der Waals surface area contributed by atoms with Gasteiger partial charge in [0.1, 0.15) is 6.10 Å². The van der Waals surface area contributed by atoms with Crippen LogP contribution >= 0.6 is 0 Å². The summed E-state index contributed by atoms with van der Waals surface area (Å²) < 4.78 is 34.1. The molecule has 3 heteroatoms. The standard InChI is InChI=1S/C25H40F2O/c1-4-7-9-12-20-15-18-25(19-16-20,17-10-8-5-2)23(6-3)28-22-14-11-13-21(26)24(22)27/h11,13-14,20,23H,4-10,12,15-19H2,1-3H3. The zero-order valence-corrected chi connectivity index (χ0v) is 18.2. The normalized spacial score (nSPS) is 23.5. The second-order valence-electron chi connectivity index (χ2n) is 8.83. The highest BCUT2D eigenvalue weighted by Gasteiger charge is 2.42. The molecule has 1 fully saturated rings. The van der Waals surface area contributed by atoms with Crippen LogP contribution in [-0.4, -0.2) is 6.10 Å². The fourth-order valence-electron chi connectivity index (χ4n) is 5.05. The lowest BCUT2D eigenvalue weighted by molar-refractivity contribution is -0.0114. The highest BCUT2D eigenvalue weighted by atomic mass is 19.2. The van der Waals surface area contributed by atoms with Crippen molar-refractivity contribution in [3.05, 3.63) is 29.8 Å². The highest BCUT2D eigenvalue weighted by Crippen LogP contribution is 2.48. The zero-order chi connectivity index (χ0) is 20.4. The number of benzene rings is 1. The molecule has 0 aromatic heterocycles. The van der Waals surface area contributed by atoms with Gasteiger partial charge in [0, 0.05) is 5.41 Å². The van der Waals surface area contributed by atoms with Gasteiger partial charge in [-0.05, 0) is 56.6 Å². The van der Waals surface area contributed by atoms with Gasteiger partial charge in [-0.1, -0.05) is 71.8 Å². The average molecular weight is 395 g/mol. The van der Waals surface area contributed by atoms with Crippen molar-refractivity contribution in [2.24, 2.45) is 11.3 Å². The first-order chi connectivity index (χ1) is 13.6. The van der Waals surface area contributed by atoms with Crippen molar-refractivity contribution >= 4 is 0 Å². The number of ether oxygens (including phenoxy) is 1. The maximum atomic E-state index is 14.2. The SMILES string of the molecule is CCCCCC1CCC(CCCCC)(C(CC)Oc2cccc(F)c2F)CC1. The molecule has 0 saturated heterocycles. The van der Waals surface area contributed by atoms with E-state index in [0.717, 1.165) is 37.7 Å². The molecule has 0 amide bonds. The van der Waals surface area contributed by atoms with E-state index in [2.05, 4.69) is 20.8 Å². The summed E-state index contributed by atoms with van der Waals surface area (Å²) in [4.78, 5) is 0. The van der Waals surface area contributed by atoms with Crippen LogP contribution in [0.1, 0.15) is 104 Å². The van der Waals surface area contributed by atoms with Crippen LogP contribution < -0.4 is 4.74 Å². The van der Waals surface area contributed by atoms with Gasteiger partial charge in [0.15, 0.2) is 11.6 Å². The molecule has 1 nitrogen and oxygen atoms in total. The number of rotatable bonds is 12. The minimum atomic E-state index is -0.849. The smallest absolute Gasteiger partial charge is 0.200 e. The summed E-state index contributed by atoms with van der Waals surface area (Å²) in [6, 6.07) is 4.26. The van der Waals surface area contributed by atoms with E-state index in [9.17, 15) is 8.78 Å². The Morgan fingerprint density at radius 2 is 1.68 bits per heavy atom. The number of hydrogen-bond acceptors (Lipinski definition) is 1. The van der Waals surface area contributed by atoms with Crippen molar-refractivity contribution in [3.8, 4) is 5.75 Å². The first kappa shape index (κ1) is 23.2. The van der Waals surface area contributed by atoms with Gasteiger partial charge >= 0.3 is 0 Å². The van der Waals surface area contributed by atoms with Crippen LogP contribution in [-0.2, 0) is 0 Å². The van der Waals surface area contributed by atoms with Crippen LogP contribution in [0.3, 0.4) is 0 Å². The first-order valence-electron chi connectivity index (χ1n) is 11.7. The predicted molar refractivity (Wildman–Crippen MR) is 114 cm³/mol. The lowest BCUT2D eigenvalue weighted by Crippen LogP contribution is -2.42. The molecule has 1 atom stereocenters. The lowest BCUT2D eigenvalue weighted by Gasteiger charge is -2.45. The summed E-state index contributed by atoms with van der Waals surface area (Å²) in [5.74, 6) is -0.772. The van der Waals surface area contributed by atoms with E-state index in [-0.39, 0.29) is 17.3 Å². The largest absolute Gasteiger partial charge is 0.487 e. The molecule has 0 N–H and O–H groups in total. The fraction of sp³-hybridized carbons (Fsp3) is 0.760. The molecule has 0 radical (unpaired) electrons. The Morgan fingerprint density at radius 1 is 1.00 bits per heavy atom. The third-order valence-electron chi connectivity index (χ3n) is 6.83. The van der Waals surface area contributed by atoms with Gasteiger partial charge in [-0.3, -0.25) is 0 Å². The van der Waals surface area contributed by atoms with Crippen molar-refractivity contribution in [1.82, 2.24) is 0 Å². The van der Waals surface area contributed by atoms with Crippen LogP contribution in [0.4, 0.5) is 8.78 Å². The molecule has 1 unspecified atom stereocenters. The highest BCUT2D eigenvalue weighted by molar-refractivity contribution is 5.25. The van der Waals surface area contributed by atoms with Gasteiger partial charge in [-0.25, -0.2) is 4.39 Å². The first-order valence-corrected chi connectivity index (χ1v) is 11.7. The predicted octanol–water partition coefficient (Wildman–Crippen LogP) is 8.46. The fourth-order valence-corrected chi connectivity index (χ4v) is 5.05. The van der Waals surface area contributed by atoms with Crippen molar-refractivity contribution in [2.75, 3.05) is 0 Å². The molecule has 2 rings (SSSR count). The van der Waals surface area contributed by atoms with Gasteiger partial charge in [0.25, 0.3) is 0 Å². The summed E-state index contributed by atoms with van der Waals surface area (Å²) in [6.45, 7) is 6.61. The Morgan fingerprint density at radius 3 is 2.32 bits per heavy atom. The Labute approximate surface area is 171 Å². The third-order valence-corrected chi connectivity index (χ3v) is 6.83. The Hall–Kier alpha value is -1.12. The topological polar surface area (TPSA) is 9.23 Å². The Bertz CT molecular complexity index is 564. The molecule has 160 valence electrons. The van der Waals surface area contributed by atoms with E-state index in [1.807, 2.05) is 0 Å². The molecule has 1 aliphatic carbocycles. The minimum absolute atomic E-state index is 0.0442. The van der Waals surface area contributed by atoms with Crippen molar-refractivity contribution in [1.29, 1.82) is 0 Å². The minimum Gasteiger partial charge on any atom is -0.487 e. The summed E-state index contributed by atoms with van der Waals surface area (Å²) in [6.07, 6.45) is 15.7. The van der Waals surface area contributed by atoms with Gasteiger partial charge < -0.3 is 4.74 Å². The van der Waals surface area contributed by atoms with E-state index >= 15 is 0 Å². The molecular formula is C25H40F2O. The maximum absolute atomic E-state index is 14.2. The van der Waals surface area contributed by atoms with E-state index in [0.29, 0.717) is 0 Å². The molecule has 0 aliphatic heterocycles. The third kappa shape index (κ3) is 6.19. The summed E-state index contributed by atoms with van der Waals surface area (Å²) in [5, 5.41) is 0. The molecule has 1 saturated carbocycles. The van der Waals surface area contributed by atoms with Crippen LogP contribution in [0, 0.1) is 23.0 Å².